The molecule has 0 aliphatic carbocycles. The number of para-hydroxylation sites is 2. The minimum Gasteiger partial charge on any atom is -0.495 e. The zero-order valence-corrected chi connectivity index (χ0v) is 13.2. The first kappa shape index (κ1) is 15.7. The Kier molecular flexibility index (Phi) is 4.00. The maximum absolute atomic E-state index is 11.4. The summed E-state index contributed by atoms with van der Waals surface area (Å²) in [6.07, 6.45) is 0. The molecule has 0 saturated carbocycles. The highest BCUT2D eigenvalue weighted by Crippen LogP contribution is 2.45. The van der Waals surface area contributed by atoms with Crippen molar-refractivity contribution in [1.29, 1.82) is 0 Å². The number of hydrogen-bond donors (Lipinski definition) is 1. The average molecular weight is 345 g/mol. The highest BCUT2D eigenvalue weighted by Gasteiger charge is 2.24. The van der Waals surface area contributed by atoms with Gasteiger partial charge in [-0.3, -0.25) is 20.2 Å². The Balaban J connectivity index is 2.20. The molecule has 122 valence electrons. The van der Waals surface area contributed by atoms with Crippen molar-refractivity contribution in [2.24, 2.45) is 0 Å². The van der Waals surface area contributed by atoms with Gasteiger partial charge in [0.25, 0.3) is 5.69 Å². The molecule has 0 fully saturated rings. The molecule has 9 heteroatoms. The molecule has 0 unspecified atom stereocenters. The Morgan fingerprint density at radius 1 is 1.08 bits per heavy atom. The summed E-state index contributed by atoms with van der Waals surface area (Å²) < 4.78 is 5.82. The van der Waals surface area contributed by atoms with Gasteiger partial charge < -0.3 is 10.1 Å². The summed E-state index contributed by atoms with van der Waals surface area (Å²) >= 11 is 0.960. The van der Waals surface area contributed by atoms with E-state index in [2.05, 4.69) is 5.32 Å². The van der Waals surface area contributed by atoms with E-state index in [1.165, 1.54) is 25.3 Å². The number of nitro groups is 2. The Hall–Kier alpha value is -3.20. The normalized spacial score (nSPS) is 10.5. The van der Waals surface area contributed by atoms with Crippen LogP contribution in [0.3, 0.4) is 0 Å². The van der Waals surface area contributed by atoms with Gasteiger partial charge in [-0.05, 0) is 18.2 Å². The molecule has 0 saturated heterocycles. The minimum atomic E-state index is -0.532. The summed E-state index contributed by atoms with van der Waals surface area (Å²) in [5.41, 5.74) is 0.626. The van der Waals surface area contributed by atoms with Crippen LogP contribution in [0.1, 0.15) is 0 Å². The third kappa shape index (κ3) is 2.72. The predicted octanol–water partition coefficient (Wildman–Crippen LogP) is 4.47. The van der Waals surface area contributed by atoms with Gasteiger partial charge in [0.05, 0.1) is 22.6 Å². The van der Waals surface area contributed by atoms with E-state index in [0.717, 1.165) is 11.3 Å². The zero-order valence-electron chi connectivity index (χ0n) is 12.4. The van der Waals surface area contributed by atoms with Gasteiger partial charge in [-0.1, -0.05) is 23.5 Å². The summed E-state index contributed by atoms with van der Waals surface area (Å²) in [7, 11) is 1.49. The summed E-state index contributed by atoms with van der Waals surface area (Å²) in [5.74, 6) is 0.511. The number of fused-ring (bicyclic) bond motifs is 1. The van der Waals surface area contributed by atoms with Crippen molar-refractivity contribution in [3.05, 3.63) is 62.7 Å². The number of thiophene rings is 1. The number of benzene rings is 2. The van der Waals surface area contributed by atoms with Crippen molar-refractivity contribution in [2.75, 3.05) is 12.4 Å². The topological polar surface area (TPSA) is 108 Å². The van der Waals surface area contributed by atoms with Crippen LogP contribution in [0.2, 0.25) is 0 Å². The van der Waals surface area contributed by atoms with Gasteiger partial charge in [0.1, 0.15) is 11.4 Å². The number of methoxy groups -OCH3 is 1. The van der Waals surface area contributed by atoms with Crippen molar-refractivity contribution in [2.45, 2.75) is 0 Å². The van der Waals surface area contributed by atoms with Crippen LogP contribution in [0.4, 0.5) is 22.1 Å². The first-order valence-corrected chi connectivity index (χ1v) is 7.58. The van der Waals surface area contributed by atoms with E-state index in [-0.39, 0.29) is 16.4 Å². The van der Waals surface area contributed by atoms with E-state index in [1.807, 2.05) is 0 Å². The number of nitrogens with one attached hydrogen (secondary N) is 1. The van der Waals surface area contributed by atoms with Gasteiger partial charge in [-0.25, -0.2) is 0 Å². The van der Waals surface area contributed by atoms with Gasteiger partial charge in [0.2, 0.25) is 0 Å². The van der Waals surface area contributed by atoms with Crippen LogP contribution in [0, 0.1) is 20.2 Å². The third-order valence-corrected chi connectivity index (χ3v) is 4.52. The Morgan fingerprint density at radius 3 is 2.50 bits per heavy atom. The second-order valence-electron chi connectivity index (χ2n) is 4.80. The highest BCUT2D eigenvalue weighted by atomic mass is 32.1. The fraction of sp³-hybridized carbons (Fsp3) is 0.0667. The summed E-state index contributed by atoms with van der Waals surface area (Å²) in [5, 5.41) is 25.6. The van der Waals surface area contributed by atoms with Crippen molar-refractivity contribution in [3.8, 4) is 5.75 Å². The lowest BCUT2D eigenvalue weighted by molar-refractivity contribution is -0.384. The number of non-ortho nitro benzene ring substituents is 1. The van der Waals surface area contributed by atoms with Crippen LogP contribution < -0.4 is 10.1 Å². The SMILES string of the molecule is COc1ccccc1Nc1c([N+](=O)[O-])sc2ccc([N+](=O)[O-])cc12. The molecular formula is C15H11N3O5S. The van der Waals surface area contributed by atoms with Crippen molar-refractivity contribution in [3.63, 3.8) is 0 Å². The monoisotopic (exact) mass is 345 g/mol. The molecule has 0 aliphatic heterocycles. The maximum atomic E-state index is 11.4. The molecule has 3 aromatic rings. The van der Waals surface area contributed by atoms with Crippen LogP contribution in [-0.2, 0) is 0 Å². The van der Waals surface area contributed by atoms with Crippen molar-refractivity contribution < 1.29 is 14.6 Å². The van der Waals surface area contributed by atoms with E-state index in [1.54, 1.807) is 24.3 Å². The number of hydrogen-bond acceptors (Lipinski definition) is 7. The lowest BCUT2D eigenvalue weighted by atomic mass is 10.2. The molecule has 1 aromatic heterocycles. The van der Waals surface area contributed by atoms with Gasteiger partial charge >= 0.3 is 5.00 Å². The lowest BCUT2D eigenvalue weighted by Gasteiger charge is -2.09. The number of rotatable bonds is 5. The first-order valence-electron chi connectivity index (χ1n) is 6.76. The molecular weight excluding hydrogens is 334 g/mol. The average Bonchev–Trinajstić information content (AvgIpc) is 2.93. The van der Waals surface area contributed by atoms with Crippen LogP contribution >= 0.6 is 11.3 Å². The molecule has 0 atom stereocenters. The van der Waals surface area contributed by atoms with E-state index >= 15 is 0 Å². The molecule has 3 rings (SSSR count). The summed E-state index contributed by atoms with van der Waals surface area (Å²) in [4.78, 5) is 21.3. The number of nitrogens with zero attached hydrogens (tertiary/aromatic N) is 2. The van der Waals surface area contributed by atoms with Crippen molar-refractivity contribution >= 4 is 43.5 Å². The molecule has 0 spiro atoms. The molecule has 8 nitrogen and oxygen atoms in total. The molecule has 0 radical (unpaired) electrons. The fourth-order valence-electron chi connectivity index (χ4n) is 2.32. The smallest absolute Gasteiger partial charge is 0.348 e. The second-order valence-corrected chi connectivity index (χ2v) is 5.83. The van der Waals surface area contributed by atoms with Gasteiger partial charge in [-0.2, -0.15) is 0 Å². The number of anilines is 2. The zero-order chi connectivity index (χ0) is 17.3. The lowest BCUT2D eigenvalue weighted by Crippen LogP contribution is -1.96. The highest BCUT2D eigenvalue weighted by molar-refractivity contribution is 7.23. The minimum absolute atomic E-state index is 0.114. The second kappa shape index (κ2) is 6.13. The number of ether oxygens (including phenoxy) is 1. The van der Waals surface area contributed by atoms with Gasteiger partial charge in [0, 0.05) is 22.2 Å². The van der Waals surface area contributed by atoms with Crippen LogP contribution in [0.15, 0.2) is 42.5 Å². The van der Waals surface area contributed by atoms with Crippen LogP contribution in [-0.4, -0.2) is 17.0 Å². The van der Waals surface area contributed by atoms with Crippen LogP contribution in [0.5, 0.6) is 5.75 Å². The van der Waals surface area contributed by atoms with Gasteiger partial charge in [-0.15, -0.1) is 0 Å². The molecule has 24 heavy (non-hydrogen) atoms. The first-order chi connectivity index (χ1) is 11.5. The standard InChI is InChI=1S/C15H11N3O5S/c1-23-12-5-3-2-4-11(12)16-14-10-8-9(17(19)20)6-7-13(10)24-15(14)18(21)22/h2-8,16H,1H3. The van der Waals surface area contributed by atoms with E-state index in [9.17, 15) is 20.2 Å². The van der Waals surface area contributed by atoms with E-state index in [0.29, 0.717) is 21.5 Å². The Labute approximate surface area is 139 Å². The quantitative estimate of drug-likeness (QED) is 0.540. The van der Waals surface area contributed by atoms with E-state index < -0.39 is 9.85 Å². The third-order valence-electron chi connectivity index (χ3n) is 3.40. The molecule has 1 heterocycles. The summed E-state index contributed by atoms with van der Waals surface area (Å²) in [6, 6.07) is 11.1. The molecule has 0 bridgehead atoms. The van der Waals surface area contributed by atoms with Gasteiger partial charge in [0.15, 0.2) is 0 Å². The van der Waals surface area contributed by atoms with Crippen LogP contribution in [0.25, 0.3) is 10.1 Å². The molecule has 0 aliphatic rings. The Morgan fingerprint density at radius 2 is 1.83 bits per heavy atom. The molecule has 2 aromatic carbocycles. The largest absolute Gasteiger partial charge is 0.495 e. The van der Waals surface area contributed by atoms with E-state index in [4.69, 9.17) is 4.74 Å². The summed E-state index contributed by atoms with van der Waals surface area (Å²) in [6.45, 7) is 0. The van der Waals surface area contributed by atoms with Crippen molar-refractivity contribution in [1.82, 2.24) is 0 Å². The predicted molar refractivity (Wildman–Crippen MR) is 91.4 cm³/mol. The fourth-order valence-corrected chi connectivity index (χ4v) is 3.27. The molecule has 0 amide bonds. The number of nitro benzene ring substituents is 1. The Bertz CT molecular complexity index is 953. The maximum Gasteiger partial charge on any atom is 0.348 e. The molecule has 1 N–H and O–H groups in total.